The molecule has 1 amide bonds. The van der Waals surface area contributed by atoms with Crippen molar-refractivity contribution in [1.82, 2.24) is 19.7 Å². The van der Waals surface area contributed by atoms with Gasteiger partial charge in [-0.15, -0.1) is 10.2 Å². The van der Waals surface area contributed by atoms with Crippen molar-refractivity contribution in [2.45, 2.75) is 33.0 Å². The third-order valence-corrected chi connectivity index (χ3v) is 6.52. The molecule has 0 unspecified atom stereocenters. The number of fused-ring (bicyclic) bond motifs is 1. The molecule has 0 saturated carbocycles. The van der Waals surface area contributed by atoms with Gasteiger partial charge in [0.2, 0.25) is 0 Å². The molecule has 3 aromatic carbocycles. The summed E-state index contributed by atoms with van der Waals surface area (Å²) in [5.74, 6) is -1.02. The number of benzene rings is 3. The highest BCUT2D eigenvalue weighted by atomic mass is 19.1. The number of hydrogen-bond acceptors (Lipinski definition) is 4. The number of carbonyl (C=O) groups is 1. The van der Waals surface area contributed by atoms with Crippen LogP contribution in [0.5, 0.6) is 0 Å². The number of anilines is 1. The zero-order chi connectivity index (χ0) is 25.2. The van der Waals surface area contributed by atoms with E-state index in [4.69, 9.17) is 5.73 Å². The highest BCUT2D eigenvalue weighted by Gasteiger charge is 2.28. The molecular weight excluding hydrogens is 460 g/mol. The van der Waals surface area contributed by atoms with Gasteiger partial charge in [-0.3, -0.25) is 4.79 Å². The molecule has 0 aliphatic heterocycles. The summed E-state index contributed by atoms with van der Waals surface area (Å²) in [6, 6.07) is 18.8. The van der Waals surface area contributed by atoms with Crippen LogP contribution in [0.4, 0.5) is 14.5 Å². The largest absolute Gasteiger partial charge is 0.399 e. The summed E-state index contributed by atoms with van der Waals surface area (Å²) in [5.41, 5.74) is 11.4. The Bertz CT molecular complexity index is 1460. The molecule has 5 rings (SSSR count). The maximum Gasteiger partial charge on any atom is 0.251 e. The van der Waals surface area contributed by atoms with Gasteiger partial charge < -0.3 is 15.2 Å². The van der Waals surface area contributed by atoms with Crippen LogP contribution in [0.3, 0.4) is 0 Å². The lowest BCUT2D eigenvalue weighted by Gasteiger charge is -2.24. The summed E-state index contributed by atoms with van der Waals surface area (Å²) < 4.78 is 30.0. The van der Waals surface area contributed by atoms with E-state index in [0.29, 0.717) is 30.1 Å². The number of nitrogens with zero attached hydrogens (tertiary/aromatic N) is 4. The van der Waals surface area contributed by atoms with E-state index in [1.54, 1.807) is 11.2 Å². The first-order valence-electron chi connectivity index (χ1n) is 11.6. The highest BCUT2D eigenvalue weighted by Crippen LogP contribution is 2.34. The molecule has 1 aliphatic rings. The molecule has 2 N–H and O–H groups in total. The summed E-state index contributed by atoms with van der Waals surface area (Å²) >= 11 is 0. The monoisotopic (exact) mass is 485 g/mol. The van der Waals surface area contributed by atoms with Gasteiger partial charge in [-0.05, 0) is 47.4 Å². The maximum atomic E-state index is 14.6. The Morgan fingerprint density at radius 2 is 1.83 bits per heavy atom. The van der Waals surface area contributed by atoms with Gasteiger partial charge in [0.05, 0.1) is 13.1 Å². The number of rotatable bonds is 7. The van der Waals surface area contributed by atoms with E-state index in [-0.39, 0.29) is 24.6 Å². The number of hydrogen-bond donors (Lipinski definition) is 1. The number of amides is 1. The lowest BCUT2D eigenvalue weighted by molar-refractivity contribution is -0.128. The standard InChI is InChI=1S/C28H25F2N5O/c1-18-24-5-3-2-4-20(24)12-25(18)28(36)34(15-21-8-9-22(29)13-26(21)30)16-27-33-32-17-35(27)14-19-6-10-23(31)11-7-19/h2-11,13,17H,12,14-16,31H2,1H3. The summed E-state index contributed by atoms with van der Waals surface area (Å²) in [4.78, 5) is 15.4. The zero-order valence-electron chi connectivity index (χ0n) is 19.8. The average molecular weight is 486 g/mol. The summed E-state index contributed by atoms with van der Waals surface area (Å²) in [6.07, 6.45) is 2.10. The molecular formula is C28H25F2N5O. The second kappa shape index (κ2) is 9.73. The molecule has 0 bridgehead atoms. The third-order valence-electron chi connectivity index (χ3n) is 6.52. The summed E-state index contributed by atoms with van der Waals surface area (Å²) in [5, 5.41) is 8.28. The highest BCUT2D eigenvalue weighted by molar-refractivity contribution is 6.03. The predicted octanol–water partition coefficient (Wildman–Crippen LogP) is 4.75. The first-order chi connectivity index (χ1) is 17.4. The van der Waals surface area contributed by atoms with E-state index >= 15 is 0 Å². The second-order valence-corrected chi connectivity index (χ2v) is 8.95. The van der Waals surface area contributed by atoms with Gasteiger partial charge in [0.1, 0.15) is 18.0 Å². The lowest BCUT2D eigenvalue weighted by atomic mass is 10.1. The van der Waals surface area contributed by atoms with Crippen molar-refractivity contribution < 1.29 is 13.6 Å². The topological polar surface area (TPSA) is 77.0 Å². The van der Waals surface area contributed by atoms with Crippen LogP contribution in [0.2, 0.25) is 0 Å². The van der Waals surface area contributed by atoms with Crippen molar-refractivity contribution in [3.05, 3.63) is 118 Å². The van der Waals surface area contributed by atoms with Crippen molar-refractivity contribution in [3.63, 3.8) is 0 Å². The summed E-state index contributed by atoms with van der Waals surface area (Å²) in [6.45, 7) is 2.49. The second-order valence-electron chi connectivity index (χ2n) is 8.95. The van der Waals surface area contributed by atoms with Gasteiger partial charge in [-0.25, -0.2) is 8.78 Å². The molecule has 0 atom stereocenters. The van der Waals surface area contributed by atoms with E-state index < -0.39 is 11.6 Å². The minimum absolute atomic E-state index is 0.0349. The maximum absolute atomic E-state index is 14.6. The van der Waals surface area contributed by atoms with Crippen LogP contribution >= 0.6 is 0 Å². The Kier molecular flexibility index (Phi) is 6.33. The van der Waals surface area contributed by atoms with E-state index in [1.165, 1.54) is 12.1 Å². The molecule has 182 valence electrons. The number of nitrogens with two attached hydrogens (primary N) is 1. The smallest absolute Gasteiger partial charge is 0.251 e. The molecule has 1 aliphatic carbocycles. The molecule has 0 fully saturated rings. The summed E-state index contributed by atoms with van der Waals surface area (Å²) in [7, 11) is 0. The number of carbonyl (C=O) groups excluding carboxylic acids is 1. The van der Waals surface area contributed by atoms with Gasteiger partial charge in [-0.2, -0.15) is 0 Å². The van der Waals surface area contributed by atoms with Gasteiger partial charge in [-0.1, -0.05) is 42.5 Å². The van der Waals surface area contributed by atoms with Crippen LogP contribution in [0.15, 0.2) is 78.6 Å². The van der Waals surface area contributed by atoms with Crippen molar-refractivity contribution in [3.8, 4) is 0 Å². The van der Waals surface area contributed by atoms with Gasteiger partial charge in [0.15, 0.2) is 5.82 Å². The predicted molar refractivity (Wildman–Crippen MR) is 133 cm³/mol. The first-order valence-corrected chi connectivity index (χ1v) is 11.6. The Morgan fingerprint density at radius 1 is 1.06 bits per heavy atom. The normalized spacial score (nSPS) is 12.6. The van der Waals surface area contributed by atoms with E-state index in [1.807, 2.05) is 60.0 Å². The molecule has 4 aromatic rings. The SMILES string of the molecule is CC1=C(C(=O)N(Cc2ccc(F)cc2F)Cc2nncn2Cc2ccc(N)cc2)Cc2ccccc21. The van der Waals surface area contributed by atoms with Crippen molar-refractivity contribution >= 4 is 17.2 Å². The molecule has 8 heteroatoms. The van der Waals surface area contributed by atoms with Crippen molar-refractivity contribution in [2.75, 3.05) is 5.73 Å². The Balaban J connectivity index is 1.46. The number of allylic oxidation sites excluding steroid dienone is 1. The zero-order valence-corrected chi connectivity index (χ0v) is 19.8. The molecule has 1 heterocycles. The average Bonchev–Trinajstić information content (AvgIpc) is 3.45. The fourth-order valence-corrected chi connectivity index (χ4v) is 4.53. The van der Waals surface area contributed by atoms with Crippen LogP contribution in [-0.2, 0) is 30.8 Å². The minimum atomic E-state index is -0.698. The van der Waals surface area contributed by atoms with Crippen molar-refractivity contribution in [2.24, 2.45) is 0 Å². The van der Waals surface area contributed by atoms with Gasteiger partial charge >= 0.3 is 0 Å². The molecule has 36 heavy (non-hydrogen) atoms. The molecule has 1 aromatic heterocycles. The first kappa shape index (κ1) is 23.4. The van der Waals surface area contributed by atoms with Crippen LogP contribution in [0.25, 0.3) is 5.57 Å². The van der Waals surface area contributed by atoms with Crippen LogP contribution in [-0.4, -0.2) is 25.6 Å². The quantitative estimate of drug-likeness (QED) is 0.384. The fourth-order valence-electron chi connectivity index (χ4n) is 4.53. The molecule has 0 radical (unpaired) electrons. The lowest BCUT2D eigenvalue weighted by Crippen LogP contribution is -2.33. The van der Waals surface area contributed by atoms with E-state index in [2.05, 4.69) is 10.2 Å². The van der Waals surface area contributed by atoms with Crippen LogP contribution < -0.4 is 5.73 Å². The number of nitrogen functional groups attached to an aromatic ring is 1. The van der Waals surface area contributed by atoms with Gasteiger partial charge in [0, 0.05) is 35.9 Å². The minimum Gasteiger partial charge on any atom is -0.399 e. The number of aromatic nitrogens is 3. The Hall–Kier alpha value is -4.33. The Morgan fingerprint density at radius 3 is 2.58 bits per heavy atom. The Labute approximate surface area is 207 Å². The van der Waals surface area contributed by atoms with E-state index in [9.17, 15) is 13.6 Å². The van der Waals surface area contributed by atoms with Crippen LogP contribution in [0, 0.1) is 11.6 Å². The fraction of sp³-hybridized carbons (Fsp3) is 0.179. The van der Waals surface area contributed by atoms with Gasteiger partial charge in [0.25, 0.3) is 5.91 Å². The molecule has 0 saturated heterocycles. The van der Waals surface area contributed by atoms with Crippen LogP contribution in [0.1, 0.15) is 35.0 Å². The van der Waals surface area contributed by atoms with Crippen molar-refractivity contribution in [1.29, 1.82) is 0 Å². The third kappa shape index (κ3) is 4.75. The molecule has 6 nitrogen and oxygen atoms in total. The molecule has 0 spiro atoms. The number of halogens is 2. The van der Waals surface area contributed by atoms with E-state index in [0.717, 1.165) is 28.3 Å².